The normalized spacial score (nSPS) is 14.6. The van der Waals surface area contributed by atoms with E-state index in [9.17, 15) is 4.79 Å². The van der Waals surface area contributed by atoms with Gasteiger partial charge in [0.1, 0.15) is 4.99 Å². The summed E-state index contributed by atoms with van der Waals surface area (Å²) in [4.78, 5) is 14.0. The SMILES string of the molecule is NC(=S)c1ccc(Cl)c(NC(=O)N2CCCC2)c1. The van der Waals surface area contributed by atoms with Gasteiger partial charge in [0, 0.05) is 18.7 Å². The third kappa shape index (κ3) is 2.91. The maximum atomic E-state index is 11.9. The van der Waals surface area contributed by atoms with Crippen LogP contribution in [0, 0.1) is 0 Å². The fourth-order valence-corrected chi connectivity index (χ4v) is 2.18. The first-order valence-electron chi connectivity index (χ1n) is 5.73. The number of nitrogens with one attached hydrogen (secondary N) is 1. The molecule has 2 amide bonds. The fraction of sp³-hybridized carbons (Fsp3) is 0.333. The minimum Gasteiger partial charge on any atom is -0.389 e. The fourth-order valence-electron chi connectivity index (χ4n) is 1.89. The van der Waals surface area contributed by atoms with Gasteiger partial charge in [-0.15, -0.1) is 0 Å². The molecule has 0 saturated carbocycles. The zero-order valence-electron chi connectivity index (χ0n) is 9.78. The third-order valence-electron chi connectivity index (χ3n) is 2.89. The Hall–Kier alpha value is -1.33. The summed E-state index contributed by atoms with van der Waals surface area (Å²) in [5.41, 5.74) is 6.78. The molecule has 1 fully saturated rings. The van der Waals surface area contributed by atoms with E-state index in [1.807, 2.05) is 0 Å². The molecule has 1 aliphatic heterocycles. The van der Waals surface area contributed by atoms with Crippen LogP contribution in [0.25, 0.3) is 0 Å². The van der Waals surface area contributed by atoms with Crippen molar-refractivity contribution in [3.63, 3.8) is 0 Å². The number of nitrogens with zero attached hydrogens (tertiary/aromatic N) is 1. The van der Waals surface area contributed by atoms with Crippen molar-refractivity contribution in [2.75, 3.05) is 18.4 Å². The lowest BCUT2D eigenvalue weighted by atomic mass is 10.2. The molecule has 4 nitrogen and oxygen atoms in total. The minimum absolute atomic E-state index is 0.130. The van der Waals surface area contributed by atoms with E-state index < -0.39 is 0 Å². The van der Waals surface area contributed by atoms with Gasteiger partial charge >= 0.3 is 6.03 Å². The van der Waals surface area contributed by atoms with Gasteiger partial charge in [0.25, 0.3) is 0 Å². The average molecular weight is 284 g/mol. The minimum atomic E-state index is -0.130. The van der Waals surface area contributed by atoms with Gasteiger partial charge in [-0.1, -0.05) is 29.9 Å². The molecule has 3 N–H and O–H groups in total. The number of thiocarbonyl (C=S) groups is 1. The molecule has 0 aliphatic carbocycles. The van der Waals surface area contributed by atoms with E-state index in [0.717, 1.165) is 25.9 Å². The van der Waals surface area contributed by atoms with Crippen molar-refractivity contribution in [1.29, 1.82) is 0 Å². The second-order valence-electron chi connectivity index (χ2n) is 4.18. The molecule has 1 aromatic carbocycles. The standard InChI is InChI=1S/C12H14ClN3OS/c13-9-4-3-8(11(14)18)7-10(9)15-12(17)16-5-1-2-6-16/h3-4,7H,1-2,5-6H2,(H2,14,18)(H,15,17). The van der Waals surface area contributed by atoms with E-state index in [2.05, 4.69) is 5.32 Å². The smallest absolute Gasteiger partial charge is 0.321 e. The van der Waals surface area contributed by atoms with E-state index in [1.165, 1.54) is 0 Å². The van der Waals surface area contributed by atoms with Gasteiger partial charge in [-0.3, -0.25) is 0 Å². The van der Waals surface area contributed by atoms with Crippen LogP contribution in [0.15, 0.2) is 18.2 Å². The number of hydrogen-bond acceptors (Lipinski definition) is 2. The van der Waals surface area contributed by atoms with Crippen molar-refractivity contribution < 1.29 is 4.79 Å². The lowest BCUT2D eigenvalue weighted by Crippen LogP contribution is -2.32. The largest absolute Gasteiger partial charge is 0.389 e. The van der Waals surface area contributed by atoms with E-state index in [-0.39, 0.29) is 11.0 Å². The molecular weight excluding hydrogens is 270 g/mol. The molecule has 0 unspecified atom stereocenters. The molecule has 96 valence electrons. The second kappa shape index (κ2) is 5.54. The molecule has 0 bridgehead atoms. The average Bonchev–Trinajstić information content (AvgIpc) is 2.85. The van der Waals surface area contributed by atoms with Crippen molar-refractivity contribution in [3.05, 3.63) is 28.8 Å². The third-order valence-corrected chi connectivity index (χ3v) is 3.45. The quantitative estimate of drug-likeness (QED) is 0.820. The molecular formula is C12H14ClN3OS. The first-order chi connectivity index (χ1) is 8.58. The van der Waals surface area contributed by atoms with Gasteiger partial charge in [-0.2, -0.15) is 0 Å². The number of carbonyl (C=O) groups excluding carboxylic acids is 1. The highest BCUT2D eigenvalue weighted by atomic mass is 35.5. The Balaban J connectivity index is 2.14. The molecule has 1 saturated heterocycles. The van der Waals surface area contributed by atoms with Crippen LogP contribution in [0.4, 0.5) is 10.5 Å². The highest BCUT2D eigenvalue weighted by Gasteiger charge is 2.18. The van der Waals surface area contributed by atoms with Crippen molar-refractivity contribution in [1.82, 2.24) is 4.90 Å². The van der Waals surface area contributed by atoms with Crippen molar-refractivity contribution >= 4 is 40.5 Å². The van der Waals surface area contributed by atoms with Crippen LogP contribution in [-0.4, -0.2) is 29.0 Å². The molecule has 0 aromatic heterocycles. The summed E-state index contributed by atoms with van der Waals surface area (Å²) in [5, 5.41) is 3.26. The number of hydrogen-bond donors (Lipinski definition) is 2. The second-order valence-corrected chi connectivity index (χ2v) is 5.03. The Morgan fingerprint density at radius 1 is 1.39 bits per heavy atom. The van der Waals surface area contributed by atoms with Gasteiger partial charge in [0.05, 0.1) is 10.7 Å². The summed E-state index contributed by atoms with van der Waals surface area (Å²) in [6.45, 7) is 1.58. The van der Waals surface area contributed by atoms with E-state index in [1.54, 1.807) is 23.1 Å². The van der Waals surface area contributed by atoms with Crippen molar-refractivity contribution in [3.8, 4) is 0 Å². The molecule has 0 spiro atoms. The zero-order valence-corrected chi connectivity index (χ0v) is 11.4. The maximum absolute atomic E-state index is 11.9. The van der Waals surface area contributed by atoms with E-state index in [0.29, 0.717) is 16.3 Å². The Morgan fingerprint density at radius 2 is 2.06 bits per heavy atom. The van der Waals surface area contributed by atoms with Gasteiger partial charge < -0.3 is 16.0 Å². The number of urea groups is 1. The number of anilines is 1. The van der Waals surface area contributed by atoms with Crippen LogP contribution in [0.5, 0.6) is 0 Å². The Morgan fingerprint density at radius 3 is 2.67 bits per heavy atom. The Kier molecular flexibility index (Phi) is 4.04. The summed E-state index contributed by atoms with van der Waals surface area (Å²) < 4.78 is 0. The number of nitrogens with two attached hydrogens (primary N) is 1. The first-order valence-corrected chi connectivity index (χ1v) is 6.52. The lowest BCUT2D eigenvalue weighted by Gasteiger charge is -2.17. The van der Waals surface area contributed by atoms with Crippen LogP contribution in [0.2, 0.25) is 5.02 Å². The monoisotopic (exact) mass is 283 g/mol. The highest BCUT2D eigenvalue weighted by Crippen LogP contribution is 2.24. The molecule has 1 heterocycles. The summed E-state index contributed by atoms with van der Waals surface area (Å²) in [6.07, 6.45) is 2.10. The summed E-state index contributed by atoms with van der Waals surface area (Å²) in [5.74, 6) is 0. The van der Waals surface area contributed by atoms with Crippen LogP contribution in [-0.2, 0) is 0 Å². The zero-order chi connectivity index (χ0) is 13.1. The first kappa shape index (κ1) is 13.1. The summed E-state index contributed by atoms with van der Waals surface area (Å²) in [7, 11) is 0. The number of likely N-dealkylation sites (tertiary alicyclic amines) is 1. The molecule has 18 heavy (non-hydrogen) atoms. The molecule has 6 heteroatoms. The van der Waals surface area contributed by atoms with E-state index >= 15 is 0 Å². The summed E-state index contributed by atoms with van der Waals surface area (Å²) >= 11 is 10.9. The van der Waals surface area contributed by atoms with Crippen LogP contribution >= 0.6 is 23.8 Å². The highest BCUT2D eigenvalue weighted by molar-refractivity contribution is 7.80. The molecule has 1 aliphatic rings. The number of amides is 2. The van der Waals surface area contributed by atoms with Crippen molar-refractivity contribution in [2.45, 2.75) is 12.8 Å². The number of rotatable bonds is 2. The predicted octanol–water partition coefficient (Wildman–Crippen LogP) is 2.60. The van der Waals surface area contributed by atoms with Gasteiger partial charge in [-0.25, -0.2) is 4.79 Å². The number of carbonyl (C=O) groups is 1. The lowest BCUT2D eigenvalue weighted by molar-refractivity contribution is 0.222. The van der Waals surface area contributed by atoms with Gasteiger partial charge in [0.15, 0.2) is 0 Å². The van der Waals surface area contributed by atoms with Crippen molar-refractivity contribution in [2.24, 2.45) is 5.73 Å². The molecule has 0 atom stereocenters. The molecule has 2 rings (SSSR count). The molecule has 1 aromatic rings. The number of benzene rings is 1. The van der Waals surface area contributed by atoms with Crippen LogP contribution < -0.4 is 11.1 Å². The Bertz CT molecular complexity index is 486. The van der Waals surface area contributed by atoms with Gasteiger partial charge in [0.2, 0.25) is 0 Å². The summed E-state index contributed by atoms with van der Waals surface area (Å²) in [6, 6.07) is 4.97. The predicted molar refractivity (Wildman–Crippen MR) is 77.2 cm³/mol. The van der Waals surface area contributed by atoms with Crippen LogP contribution in [0.1, 0.15) is 18.4 Å². The number of halogens is 1. The Labute approximate surface area is 116 Å². The molecule has 0 radical (unpaired) electrons. The topological polar surface area (TPSA) is 58.4 Å². The van der Waals surface area contributed by atoms with Crippen LogP contribution in [0.3, 0.4) is 0 Å². The maximum Gasteiger partial charge on any atom is 0.321 e. The van der Waals surface area contributed by atoms with Gasteiger partial charge in [-0.05, 0) is 25.0 Å². The van der Waals surface area contributed by atoms with E-state index in [4.69, 9.17) is 29.6 Å².